The first-order valence-corrected chi connectivity index (χ1v) is 8.44. The molecule has 2 unspecified atom stereocenters. The molecule has 2 fully saturated rings. The van der Waals surface area contributed by atoms with Crippen LogP contribution in [0.15, 0.2) is 28.8 Å². The summed E-state index contributed by atoms with van der Waals surface area (Å²) in [5.74, 6) is 2.23. The summed E-state index contributed by atoms with van der Waals surface area (Å²) in [6.07, 6.45) is 6.75. The fourth-order valence-corrected chi connectivity index (χ4v) is 3.94. The van der Waals surface area contributed by atoms with E-state index in [1.165, 1.54) is 25.7 Å². The van der Waals surface area contributed by atoms with Crippen LogP contribution in [0.2, 0.25) is 5.02 Å². The zero-order valence-corrected chi connectivity index (χ0v) is 14.4. The molecule has 0 saturated carbocycles. The highest BCUT2D eigenvalue weighted by atomic mass is 35.5. The fraction of sp³-hybridized carbons (Fsp3) is 0.529. The molecule has 2 atom stereocenters. The lowest BCUT2D eigenvalue weighted by Gasteiger charge is -2.28. The average Bonchev–Trinajstić information content (AvgIpc) is 3.08. The van der Waals surface area contributed by atoms with Crippen LogP contribution >= 0.6 is 24.0 Å². The Balaban J connectivity index is 0.00000156. The number of aromatic nitrogens is 2. The highest BCUT2D eigenvalue weighted by Crippen LogP contribution is 2.32. The monoisotopic (exact) mass is 353 g/mol. The molecule has 6 heteroatoms. The van der Waals surface area contributed by atoms with E-state index in [2.05, 4.69) is 15.5 Å². The Labute approximate surface area is 147 Å². The van der Waals surface area contributed by atoms with Gasteiger partial charge in [0.15, 0.2) is 5.82 Å². The number of hydrogen-bond donors (Lipinski definition) is 1. The summed E-state index contributed by atoms with van der Waals surface area (Å²) in [5, 5.41) is 8.54. The topological polar surface area (TPSA) is 51.0 Å². The first-order valence-electron chi connectivity index (χ1n) is 8.06. The van der Waals surface area contributed by atoms with Gasteiger partial charge in [-0.25, -0.2) is 0 Å². The molecule has 0 amide bonds. The van der Waals surface area contributed by atoms with Gasteiger partial charge in [0.2, 0.25) is 5.89 Å². The van der Waals surface area contributed by atoms with Crippen molar-refractivity contribution in [2.24, 2.45) is 5.92 Å². The average molecular weight is 354 g/mol. The van der Waals surface area contributed by atoms with Crippen molar-refractivity contribution < 1.29 is 4.52 Å². The SMILES string of the molecule is Cl.Clc1ccc(Cc2noc(CC3CC4CCC(C3)N4)n2)cc1. The number of benzene rings is 1. The number of hydrogen-bond acceptors (Lipinski definition) is 4. The number of nitrogens with one attached hydrogen (secondary N) is 1. The minimum atomic E-state index is 0. The zero-order chi connectivity index (χ0) is 14.9. The van der Waals surface area contributed by atoms with E-state index in [1.807, 2.05) is 24.3 Å². The molecule has 4 nitrogen and oxygen atoms in total. The van der Waals surface area contributed by atoms with Crippen LogP contribution in [0.5, 0.6) is 0 Å². The summed E-state index contributed by atoms with van der Waals surface area (Å²) in [6.45, 7) is 0. The molecule has 0 aliphatic carbocycles. The van der Waals surface area contributed by atoms with E-state index in [0.717, 1.165) is 28.7 Å². The maximum Gasteiger partial charge on any atom is 0.226 e. The van der Waals surface area contributed by atoms with Gasteiger partial charge >= 0.3 is 0 Å². The molecule has 1 aromatic heterocycles. The lowest BCUT2D eigenvalue weighted by Crippen LogP contribution is -2.38. The number of halogens is 2. The van der Waals surface area contributed by atoms with Crippen LogP contribution < -0.4 is 5.32 Å². The van der Waals surface area contributed by atoms with Crippen molar-refractivity contribution in [3.8, 4) is 0 Å². The Morgan fingerprint density at radius 1 is 1.13 bits per heavy atom. The summed E-state index contributed by atoms with van der Waals surface area (Å²) >= 11 is 5.90. The van der Waals surface area contributed by atoms with E-state index in [1.54, 1.807) is 0 Å². The van der Waals surface area contributed by atoms with E-state index in [-0.39, 0.29) is 12.4 Å². The van der Waals surface area contributed by atoms with E-state index in [9.17, 15) is 0 Å². The molecule has 0 spiro atoms. The molecule has 124 valence electrons. The summed E-state index contributed by atoms with van der Waals surface area (Å²) < 4.78 is 5.45. The van der Waals surface area contributed by atoms with Gasteiger partial charge in [-0.1, -0.05) is 28.9 Å². The van der Waals surface area contributed by atoms with E-state index >= 15 is 0 Å². The molecule has 4 rings (SSSR count). The predicted molar refractivity (Wildman–Crippen MR) is 92.2 cm³/mol. The van der Waals surface area contributed by atoms with Gasteiger partial charge in [-0.15, -0.1) is 12.4 Å². The van der Waals surface area contributed by atoms with Crippen LogP contribution in [0.4, 0.5) is 0 Å². The number of nitrogens with zero attached hydrogens (tertiary/aromatic N) is 2. The maximum atomic E-state index is 5.90. The van der Waals surface area contributed by atoms with Crippen molar-refractivity contribution in [1.29, 1.82) is 0 Å². The fourth-order valence-electron chi connectivity index (χ4n) is 3.82. The van der Waals surface area contributed by atoms with Gasteiger partial charge in [0.25, 0.3) is 0 Å². The molecule has 2 aromatic rings. The summed E-state index contributed by atoms with van der Waals surface area (Å²) in [5.41, 5.74) is 1.15. The first-order chi connectivity index (χ1) is 10.7. The quantitative estimate of drug-likeness (QED) is 0.907. The van der Waals surface area contributed by atoms with Gasteiger partial charge in [0.05, 0.1) is 0 Å². The summed E-state index contributed by atoms with van der Waals surface area (Å²) in [6, 6.07) is 9.21. The van der Waals surface area contributed by atoms with E-state index in [4.69, 9.17) is 16.1 Å². The highest BCUT2D eigenvalue weighted by molar-refractivity contribution is 6.30. The van der Waals surface area contributed by atoms with Crippen molar-refractivity contribution in [3.63, 3.8) is 0 Å². The molecule has 2 aliphatic rings. The van der Waals surface area contributed by atoms with Gasteiger partial charge < -0.3 is 9.84 Å². The lowest BCUT2D eigenvalue weighted by atomic mass is 9.90. The molecule has 3 heterocycles. The van der Waals surface area contributed by atoms with Crippen molar-refractivity contribution >= 4 is 24.0 Å². The lowest BCUT2D eigenvalue weighted by molar-refractivity contribution is 0.270. The van der Waals surface area contributed by atoms with Crippen LogP contribution in [0.1, 0.15) is 43.0 Å². The third-order valence-electron chi connectivity index (χ3n) is 4.82. The number of rotatable bonds is 4. The molecule has 1 N–H and O–H groups in total. The number of piperidine rings is 1. The highest BCUT2D eigenvalue weighted by Gasteiger charge is 2.34. The second-order valence-electron chi connectivity index (χ2n) is 6.59. The third-order valence-corrected chi connectivity index (χ3v) is 5.07. The van der Waals surface area contributed by atoms with Gasteiger partial charge in [-0.05, 0) is 49.3 Å². The molecule has 1 aromatic carbocycles. The van der Waals surface area contributed by atoms with Gasteiger partial charge in [0.1, 0.15) is 0 Å². The largest absolute Gasteiger partial charge is 0.339 e. The second-order valence-corrected chi connectivity index (χ2v) is 7.02. The van der Waals surface area contributed by atoms with Crippen LogP contribution in [-0.2, 0) is 12.8 Å². The predicted octanol–water partition coefficient (Wildman–Crippen LogP) is 3.81. The normalized spacial score (nSPS) is 26.0. The van der Waals surface area contributed by atoms with Crippen LogP contribution in [0.3, 0.4) is 0 Å². The Hall–Kier alpha value is -1.10. The van der Waals surface area contributed by atoms with Crippen molar-refractivity contribution in [1.82, 2.24) is 15.5 Å². The minimum Gasteiger partial charge on any atom is -0.339 e. The first kappa shape index (κ1) is 16.7. The summed E-state index contributed by atoms with van der Waals surface area (Å²) in [7, 11) is 0. The van der Waals surface area contributed by atoms with Crippen LogP contribution in [0, 0.1) is 5.92 Å². The van der Waals surface area contributed by atoms with Gasteiger partial charge in [0, 0.05) is 29.9 Å². The van der Waals surface area contributed by atoms with Crippen LogP contribution in [-0.4, -0.2) is 22.2 Å². The van der Waals surface area contributed by atoms with E-state index < -0.39 is 0 Å². The molecular weight excluding hydrogens is 333 g/mol. The number of fused-ring (bicyclic) bond motifs is 2. The van der Waals surface area contributed by atoms with E-state index in [0.29, 0.717) is 24.4 Å². The molecule has 2 saturated heterocycles. The van der Waals surface area contributed by atoms with Gasteiger partial charge in [-0.3, -0.25) is 0 Å². The van der Waals surface area contributed by atoms with Crippen molar-refractivity contribution in [2.45, 2.75) is 50.6 Å². The Morgan fingerprint density at radius 2 is 1.83 bits per heavy atom. The Kier molecular flexibility index (Phi) is 5.24. The molecular formula is C17H21Cl2N3O. The molecule has 23 heavy (non-hydrogen) atoms. The summed E-state index contributed by atoms with van der Waals surface area (Å²) in [4.78, 5) is 4.56. The van der Waals surface area contributed by atoms with Gasteiger partial charge in [-0.2, -0.15) is 4.98 Å². The molecule has 2 aliphatic heterocycles. The van der Waals surface area contributed by atoms with Crippen LogP contribution in [0.25, 0.3) is 0 Å². The Morgan fingerprint density at radius 3 is 2.52 bits per heavy atom. The molecule has 0 radical (unpaired) electrons. The smallest absolute Gasteiger partial charge is 0.226 e. The molecule has 2 bridgehead atoms. The van der Waals surface area contributed by atoms with Crippen molar-refractivity contribution in [2.75, 3.05) is 0 Å². The standard InChI is InChI=1S/C17H20ClN3O.ClH/c18-13-3-1-11(2-4-13)9-16-20-17(22-21-16)10-12-7-14-5-6-15(8-12)19-14;/h1-4,12,14-15,19H,5-10H2;1H. The minimum absolute atomic E-state index is 0. The zero-order valence-electron chi connectivity index (χ0n) is 12.9. The van der Waals surface area contributed by atoms with Crippen molar-refractivity contribution in [3.05, 3.63) is 46.6 Å². The maximum absolute atomic E-state index is 5.90. The second kappa shape index (κ2) is 7.20. The Bertz CT molecular complexity index is 632. The third kappa shape index (κ3) is 4.06.